The maximum Gasteiger partial charge on any atom is 0.0625 e. The van der Waals surface area contributed by atoms with E-state index in [-0.39, 0.29) is 5.54 Å². The molecule has 1 aliphatic heterocycles. The summed E-state index contributed by atoms with van der Waals surface area (Å²) in [5.41, 5.74) is 2.73. The lowest BCUT2D eigenvalue weighted by atomic mass is 9.94. The maximum atomic E-state index is 8.82. The minimum Gasteiger partial charge on any atom is -0.366 e. The molecule has 90 valence electrons. The molecule has 0 spiro atoms. The van der Waals surface area contributed by atoms with Gasteiger partial charge in [0, 0.05) is 24.2 Å². The summed E-state index contributed by atoms with van der Waals surface area (Å²) in [5, 5.41) is 8.82. The molecule has 1 aromatic rings. The van der Waals surface area contributed by atoms with Crippen LogP contribution in [0.1, 0.15) is 32.3 Å². The highest BCUT2D eigenvalue weighted by molar-refractivity contribution is 5.51. The van der Waals surface area contributed by atoms with Gasteiger partial charge in [0.2, 0.25) is 0 Å². The lowest BCUT2D eigenvalue weighted by Gasteiger charge is -2.33. The molecule has 1 unspecified atom stereocenters. The second-order valence-corrected chi connectivity index (χ2v) is 5.69. The average Bonchev–Trinajstić information content (AvgIpc) is 2.55. The van der Waals surface area contributed by atoms with Crippen LogP contribution in [0.5, 0.6) is 0 Å². The molecule has 0 aliphatic carbocycles. The Morgan fingerprint density at radius 1 is 1.35 bits per heavy atom. The molecule has 0 amide bonds. The first kappa shape index (κ1) is 12.0. The SMILES string of the molecule is Cc1ccc(N2CC(CC#N)CC2(C)C)cc1. The maximum absolute atomic E-state index is 8.82. The molecule has 1 aliphatic rings. The largest absolute Gasteiger partial charge is 0.366 e. The van der Waals surface area contributed by atoms with Gasteiger partial charge in [-0.1, -0.05) is 17.7 Å². The quantitative estimate of drug-likeness (QED) is 0.774. The lowest BCUT2D eigenvalue weighted by molar-refractivity contribution is 0.476. The molecule has 2 nitrogen and oxygen atoms in total. The van der Waals surface area contributed by atoms with Gasteiger partial charge in [0.25, 0.3) is 0 Å². The van der Waals surface area contributed by atoms with Crippen molar-refractivity contribution in [2.24, 2.45) is 5.92 Å². The minimum absolute atomic E-state index is 0.163. The van der Waals surface area contributed by atoms with Gasteiger partial charge in [0.1, 0.15) is 0 Å². The summed E-state index contributed by atoms with van der Waals surface area (Å²) in [6.45, 7) is 7.65. The van der Waals surface area contributed by atoms with Gasteiger partial charge in [0.15, 0.2) is 0 Å². The highest BCUT2D eigenvalue weighted by Gasteiger charge is 2.37. The molecule has 2 rings (SSSR count). The van der Waals surface area contributed by atoms with Crippen LogP contribution in [0.3, 0.4) is 0 Å². The molecular weight excluding hydrogens is 208 g/mol. The van der Waals surface area contributed by atoms with E-state index in [1.54, 1.807) is 0 Å². The number of anilines is 1. The van der Waals surface area contributed by atoms with Crippen molar-refractivity contribution in [3.05, 3.63) is 29.8 Å². The zero-order valence-corrected chi connectivity index (χ0v) is 10.9. The number of hydrogen-bond donors (Lipinski definition) is 0. The van der Waals surface area contributed by atoms with Crippen LogP contribution >= 0.6 is 0 Å². The number of aryl methyl sites for hydroxylation is 1. The van der Waals surface area contributed by atoms with Gasteiger partial charge in [-0.3, -0.25) is 0 Å². The molecule has 1 atom stereocenters. The van der Waals surface area contributed by atoms with Crippen molar-refractivity contribution in [1.82, 2.24) is 0 Å². The minimum atomic E-state index is 0.163. The van der Waals surface area contributed by atoms with Gasteiger partial charge in [0.05, 0.1) is 6.07 Å². The molecule has 1 aromatic carbocycles. The van der Waals surface area contributed by atoms with Gasteiger partial charge in [-0.25, -0.2) is 0 Å². The van der Waals surface area contributed by atoms with Gasteiger partial charge >= 0.3 is 0 Å². The number of nitriles is 1. The third-order valence-electron chi connectivity index (χ3n) is 3.69. The fourth-order valence-electron chi connectivity index (χ4n) is 2.83. The third-order valence-corrected chi connectivity index (χ3v) is 3.69. The molecule has 0 saturated carbocycles. The van der Waals surface area contributed by atoms with E-state index in [4.69, 9.17) is 5.26 Å². The van der Waals surface area contributed by atoms with Crippen LogP contribution in [0.2, 0.25) is 0 Å². The average molecular weight is 228 g/mol. The van der Waals surface area contributed by atoms with Gasteiger partial charge in [-0.15, -0.1) is 0 Å². The number of hydrogen-bond acceptors (Lipinski definition) is 2. The summed E-state index contributed by atoms with van der Waals surface area (Å²) in [6.07, 6.45) is 1.78. The van der Waals surface area contributed by atoms with E-state index in [1.807, 2.05) is 0 Å². The molecule has 0 bridgehead atoms. The first-order valence-corrected chi connectivity index (χ1v) is 6.24. The monoisotopic (exact) mass is 228 g/mol. The Hall–Kier alpha value is -1.49. The van der Waals surface area contributed by atoms with E-state index >= 15 is 0 Å². The van der Waals surface area contributed by atoms with Crippen LogP contribution in [0.15, 0.2) is 24.3 Å². The van der Waals surface area contributed by atoms with Crippen molar-refractivity contribution in [1.29, 1.82) is 5.26 Å². The Morgan fingerprint density at radius 2 is 2.00 bits per heavy atom. The van der Waals surface area contributed by atoms with Crippen LogP contribution in [-0.2, 0) is 0 Å². The van der Waals surface area contributed by atoms with E-state index in [0.29, 0.717) is 12.3 Å². The highest BCUT2D eigenvalue weighted by atomic mass is 15.2. The number of benzene rings is 1. The van der Waals surface area contributed by atoms with E-state index in [1.165, 1.54) is 11.3 Å². The molecule has 1 heterocycles. The molecule has 0 radical (unpaired) electrons. The summed E-state index contributed by atoms with van der Waals surface area (Å²) in [4.78, 5) is 2.44. The Balaban J connectivity index is 2.21. The molecule has 2 heteroatoms. The van der Waals surface area contributed by atoms with Crippen molar-refractivity contribution in [3.63, 3.8) is 0 Å². The van der Waals surface area contributed by atoms with E-state index in [2.05, 4.69) is 56.0 Å². The lowest BCUT2D eigenvalue weighted by Crippen LogP contribution is -2.38. The van der Waals surface area contributed by atoms with Crippen molar-refractivity contribution in [2.45, 2.75) is 39.2 Å². The second-order valence-electron chi connectivity index (χ2n) is 5.69. The zero-order valence-electron chi connectivity index (χ0n) is 10.9. The molecular formula is C15H20N2. The van der Waals surface area contributed by atoms with Crippen molar-refractivity contribution in [2.75, 3.05) is 11.4 Å². The Labute approximate surface area is 104 Å². The predicted molar refractivity (Wildman–Crippen MR) is 70.9 cm³/mol. The van der Waals surface area contributed by atoms with E-state index in [9.17, 15) is 0 Å². The number of nitrogens with zero attached hydrogens (tertiary/aromatic N) is 2. The fourth-order valence-corrected chi connectivity index (χ4v) is 2.83. The molecule has 1 saturated heterocycles. The molecule has 0 aromatic heterocycles. The smallest absolute Gasteiger partial charge is 0.0625 e. The molecule has 1 fully saturated rings. The molecule has 0 N–H and O–H groups in total. The fraction of sp³-hybridized carbons (Fsp3) is 0.533. The van der Waals surface area contributed by atoms with Crippen molar-refractivity contribution in [3.8, 4) is 6.07 Å². The summed E-state index contributed by atoms with van der Waals surface area (Å²) in [5.74, 6) is 0.510. The zero-order chi connectivity index (χ0) is 12.5. The third kappa shape index (κ3) is 2.44. The van der Waals surface area contributed by atoms with Crippen LogP contribution in [0.4, 0.5) is 5.69 Å². The van der Waals surface area contributed by atoms with Gasteiger partial charge < -0.3 is 4.90 Å². The first-order chi connectivity index (χ1) is 8.03. The van der Waals surface area contributed by atoms with Crippen LogP contribution in [0.25, 0.3) is 0 Å². The topological polar surface area (TPSA) is 27.0 Å². The Bertz CT molecular complexity index is 425. The summed E-state index contributed by atoms with van der Waals surface area (Å²) >= 11 is 0. The highest BCUT2D eigenvalue weighted by Crippen LogP contribution is 2.37. The Kier molecular flexibility index (Phi) is 3.11. The van der Waals surface area contributed by atoms with Crippen molar-refractivity contribution >= 4 is 5.69 Å². The summed E-state index contributed by atoms with van der Waals surface area (Å²) in [7, 11) is 0. The standard InChI is InChI=1S/C15H20N2/c1-12-4-6-14(7-5-12)17-11-13(8-9-16)10-15(17,2)3/h4-7,13H,8,10-11H2,1-3H3. The predicted octanol–water partition coefficient (Wildman–Crippen LogP) is 3.51. The van der Waals surface area contributed by atoms with Gasteiger partial charge in [-0.2, -0.15) is 5.26 Å². The second kappa shape index (κ2) is 4.41. The van der Waals surface area contributed by atoms with E-state index < -0.39 is 0 Å². The van der Waals surface area contributed by atoms with Crippen LogP contribution < -0.4 is 4.90 Å². The van der Waals surface area contributed by atoms with Gasteiger partial charge in [-0.05, 0) is 45.2 Å². The van der Waals surface area contributed by atoms with Crippen LogP contribution in [-0.4, -0.2) is 12.1 Å². The Morgan fingerprint density at radius 3 is 2.59 bits per heavy atom. The van der Waals surface area contributed by atoms with Crippen LogP contribution in [0, 0.1) is 24.2 Å². The number of rotatable bonds is 2. The van der Waals surface area contributed by atoms with E-state index in [0.717, 1.165) is 13.0 Å². The summed E-state index contributed by atoms with van der Waals surface area (Å²) < 4.78 is 0. The first-order valence-electron chi connectivity index (χ1n) is 6.24. The van der Waals surface area contributed by atoms with Crippen molar-refractivity contribution < 1.29 is 0 Å². The molecule has 17 heavy (non-hydrogen) atoms. The normalized spacial score (nSPS) is 22.5. The summed E-state index contributed by atoms with van der Waals surface area (Å²) in [6, 6.07) is 11.0.